The van der Waals surface area contributed by atoms with E-state index in [0.29, 0.717) is 31.7 Å². The van der Waals surface area contributed by atoms with Gasteiger partial charge in [0.25, 0.3) is 0 Å². The Balaban J connectivity index is 1.78. The summed E-state index contributed by atoms with van der Waals surface area (Å²) >= 11 is 0. The standard InChI is InChI=1S/C18H25FN2O4S/c1-13(2)26(23,24)21-8-7-17-15(12-21)18(22)20(9-10-25-17)11-14-5-3-4-6-16(14)19/h3-6,13,15,17H,7-12H2,1-2H3. The molecule has 26 heavy (non-hydrogen) atoms. The first kappa shape index (κ1) is 19.4. The van der Waals surface area contributed by atoms with Gasteiger partial charge in [0.05, 0.1) is 25.2 Å². The quantitative estimate of drug-likeness (QED) is 0.743. The molecule has 0 saturated carbocycles. The maximum atomic E-state index is 14.0. The number of hydrogen-bond acceptors (Lipinski definition) is 4. The Morgan fingerprint density at radius 2 is 2.08 bits per heavy atom. The van der Waals surface area contributed by atoms with Gasteiger partial charge < -0.3 is 14.2 Å². The van der Waals surface area contributed by atoms with E-state index < -0.39 is 21.6 Å². The molecule has 0 radical (unpaired) electrons. The third-order valence-corrected chi connectivity index (χ3v) is 7.35. The molecule has 144 valence electrons. The van der Waals surface area contributed by atoms with E-state index in [4.69, 9.17) is 4.74 Å². The lowest BCUT2D eigenvalue weighted by Gasteiger charge is -2.39. The van der Waals surface area contributed by atoms with E-state index in [1.54, 1.807) is 36.9 Å². The molecule has 3 unspecified atom stereocenters. The van der Waals surface area contributed by atoms with Gasteiger partial charge in [-0.2, -0.15) is 0 Å². The fraction of sp³-hybridized carbons (Fsp3) is 0.611. The van der Waals surface area contributed by atoms with Crippen LogP contribution in [0.1, 0.15) is 25.8 Å². The van der Waals surface area contributed by atoms with Crippen LogP contribution in [0.25, 0.3) is 0 Å². The van der Waals surface area contributed by atoms with Crippen LogP contribution in [-0.2, 0) is 30.7 Å². The van der Waals surface area contributed by atoms with Crippen molar-refractivity contribution in [2.75, 3.05) is 26.2 Å². The number of amides is 1. The molecule has 1 aromatic carbocycles. The summed E-state index contributed by atoms with van der Waals surface area (Å²) in [6.45, 7) is 4.67. The first-order valence-corrected chi connectivity index (χ1v) is 10.4. The van der Waals surface area contributed by atoms with Gasteiger partial charge in [0, 0.05) is 25.2 Å². The molecule has 0 aromatic heterocycles. The fourth-order valence-corrected chi connectivity index (χ4v) is 4.84. The highest BCUT2D eigenvalue weighted by atomic mass is 32.3. The molecule has 8 heteroatoms. The molecule has 2 heterocycles. The Hall–Kier alpha value is -1.35. The molecule has 2 aliphatic rings. The number of hydrogen-bond donors (Lipinski definition) is 0. The topological polar surface area (TPSA) is 72.9 Å². The highest BCUT2D eigenvalue weighted by molar-refractivity contribution is 7.95. The number of nitrogens with zero attached hydrogens (tertiary/aromatic N) is 2. The lowest BCUT2D eigenvalue weighted by molar-refractivity contribution is -0.138. The minimum atomic E-state index is -3.42. The summed E-state index contributed by atoms with van der Waals surface area (Å²) < 4.78 is 46.1. The molecule has 2 fully saturated rings. The number of carbonyl (C=O) groups is 1. The summed E-state index contributed by atoms with van der Waals surface area (Å²) in [5.74, 6) is -1.07. The Labute approximate surface area is 154 Å². The summed E-state index contributed by atoms with van der Waals surface area (Å²) in [6.07, 6.45) is 0.210. The van der Waals surface area contributed by atoms with E-state index in [1.165, 1.54) is 10.4 Å². The predicted octanol–water partition coefficient (Wildman–Crippen LogP) is 1.83. The number of benzene rings is 1. The maximum absolute atomic E-state index is 14.0. The van der Waals surface area contributed by atoms with Crippen LogP contribution in [0.15, 0.2) is 24.3 Å². The second-order valence-corrected chi connectivity index (χ2v) is 9.60. The van der Waals surface area contributed by atoms with Crippen LogP contribution in [0, 0.1) is 11.7 Å². The third-order valence-electron chi connectivity index (χ3n) is 5.11. The summed E-state index contributed by atoms with van der Waals surface area (Å²) in [6, 6.07) is 6.37. The first-order valence-electron chi connectivity index (χ1n) is 8.93. The second-order valence-electron chi connectivity index (χ2n) is 7.11. The maximum Gasteiger partial charge on any atom is 0.230 e. The molecule has 2 aliphatic heterocycles. The molecular formula is C18H25FN2O4S. The zero-order valence-corrected chi connectivity index (χ0v) is 15.9. The molecule has 0 N–H and O–H groups in total. The summed E-state index contributed by atoms with van der Waals surface area (Å²) in [7, 11) is -3.42. The number of fused-ring (bicyclic) bond motifs is 1. The zero-order valence-electron chi connectivity index (χ0n) is 15.1. The molecule has 1 amide bonds. The van der Waals surface area contributed by atoms with Crippen LogP contribution in [0.3, 0.4) is 0 Å². The fourth-order valence-electron chi connectivity index (χ4n) is 3.51. The first-order chi connectivity index (χ1) is 12.3. The average molecular weight is 384 g/mol. The number of halogens is 1. The Morgan fingerprint density at radius 3 is 2.77 bits per heavy atom. The lowest BCUT2D eigenvalue weighted by Crippen LogP contribution is -2.54. The molecule has 3 atom stereocenters. The molecule has 6 nitrogen and oxygen atoms in total. The predicted molar refractivity (Wildman–Crippen MR) is 95.2 cm³/mol. The highest BCUT2D eigenvalue weighted by Crippen LogP contribution is 2.30. The van der Waals surface area contributed by atoms with E-state index >= 15 is 0 Å². The Bertz CT molecular complexity index is 714. The number of sulfonamides is 1. The van der Waals surface area contributed by atoms with E-state index in [0.717, 1.165) is 0 Å². The van der Waals surface area contributed by atoms with Crippen molar-refractivity contribution in [1.29, 1.82) is 0 Å². The van der Waals surface area contributed by atoms with Gasteiger partial charge in [-0.25, -0.2) is 4.39 Å². The van der Waals surface area contributed by atoms with Crippen molar-refractivity contribution in [3.05, 3.63) is 35.6 Å². The van der Waals surface area contributed by atoms with Crippen molar-refractivity contribution in [1.82, 2.24) is 9.21 Å². The number of rotatable bonds is 4. The molecule has 0 aliphatic carbocycles. The number of piperidine rings is 1. The van der Waals surface area contributed by atoms with Crippen molar-refractivity contribution in [3.8, 4) is 0 Å². The van der Waals surface area contributed by atoms with E-state index in [1.807, 2.05) is 0 Å². The van der Waals surface area contributed by atoms with Crippen LogP contribution >= 0.6 is 0 Å². The van der Waals surface area contributed by atoms with Gasteiger partial charge in [0.2, 0.25) is 5.91 Å². The lowest BCUT2D eigenvalue weighted by atomic mass is 9.94. The minimum Gasteiger partial charge on any atom is -0.597 e. The van der Waals surface area contributed by atoms with Crippen molar-refractivity contribution in [3.63, 3.8) is 0 Å². The van der Waals surface area contributed by atoms with Crippen LogP contribution in [0.4, 0.5) is 4.39 Å². The molecule has 3 rings (SSSR count). The Morgan fingerprint density at radius 1 is 1.35 bits per heavy atom. The van der Waals surface area contributed by atoms with Crippen molar-refractivity contribution in [2.24, 2.45) is 5.92 Å². The van der Waals surface area contributed by atoms with Gasteiger partial charge in [0.15, 0.2) is 0 Å². The minimum absolute atomic E-state index is 0.123. The van der Waals surface area contributed by atoms with Crippen molar-refractivity contribution in [2.45, 2.75) is 38.2 Å². The van der Waals surface area contributed by atoms with Crippen molar-refractivity contribution >= 4 is 16.3 Å². The normalized spacial score (nSPS) is 27.1. The second kappa shape index (κ2) is 7.72. The number of ether oxygens (including phenoxy) is 1. The molecule has 2 saturated heterocycles. The van der Waals surface area contributed by atoms with Gasteiger partial charge >= 0.3 is 0 Å². The van der Waals surface area contributed by atoms with Crippen LogP contribution in [0.2, 0.25) is 0 Å². The summed E-state index contributed by atoms with van der Waals surface area (Å²) in [5, 5.41) is -0.532. The van der Waals surface area contributed by atoms with Crippen molar-refractivity contribution < 1.29 is 22.7 Å². The monoisotopic (exact) mass is 384 g/mol. The third kappa shape index (κ3) is 3.83. The average Bonchev–Trinajstić information content (AvgIpc) is 2.76. The van der Waals surface area contributed by atoms with Gasteiger partial charge in [-0.3, -0.25) is 4.79 Å². The SMILES string of the molecule is CC(C)[S+](=O)([O-])N1CCC2OCCN(Cc3ccccc3F)C(=O)C2C1. The highest BCUT2D eigenvalue weighted by Gasteiger charge is 2.45. The molecular weight excluding hydrogens is 359 g/mol. The summed E-state index contributed by atoms with van der Waals surface area (Å²) in [5.41, 5.74) is 0.446. The molecule has 0 bridgehead atoms. The number of carbonyl (C=O) groups excluding carboxylic acids is 1. The van der Waals surface area contributed by atoms with E-state index in [-0.39, 0.29) is 30.9 Å². The van der Waals surface area contributed by atoms with Gasteiger partial charge in [-0.1, -0.05) is 22.4 Å². The largest absolute Gasteiger partial charge is 0.597 e. The van der Waals surface area contributed by atoms with Crippen LogP contribution in [0.5, 0.6) is 0 Å². The smallest absolute Gasteiger partial charge is 0.230 e. The van der Waals surface area contributed by atoms with E-state index in [9.17, 15) is 17.9 Å². The zero-order chi connectivity index (χ0) is 18.9. The van der Waals surface area contributed by atoms with Gasteiger partial charge in [-0.15, -0.1) is 4.31 Å². The van der Waals surface area contributed by atoms with Gasteiger partial charge in [-0.05, 0) is 26.3 Å². The molecule has 0 spiro atoms. The van der Waals surface area contributed by atoms with E-state index in [2.05, 4.69) is 0 Å². The molecule has 1 aromatic rings. The van der Waals surface area contributed by atoms with Crippen LogP contribution in [-0.4, -0.2) is 57.3 Å². The Kier molecular flexibility index (Phi) is 5.76. The van der Waals surface area contributed by atoms with Crippen LogP contribution < -0.4 is 0 Å². The summed E-state index contributed by atoms with van der Waals surface area (Å²) in [4.78, 5) is 14.6. The van der Waals surface area contributed by atoms with Gasteiger partial charge in [0.1, 0.15) is 21.5 Å².